The van der Waals surface area contributed by atoms with Crippen molar-refractivity contribution in [2.24, 2.45) is 0 Å². The van der Waals surface area contributed by atoms with Crippen LogP contribution in [0.25, 0.3) is 0 Å². The fourth-order valence-electron chi connectivity index (χ4n) is 1.70. The van der Waals surface area contributed by atoms with Gasteiger partial charge in [-0.2, -0.15) is 5.26 Å². The van der Waals surface area contributed by atoms with Crippen molar-refractivity contribution in [1.29, 1.82) is 5.26 Å². The van der Waals surface area contributed by atoms with Crippen LogP contribution in [-0.4, -0.2) is 20.4 Å². The summed E-state index contributed by atoms with van der Waals surface area (Å²) >= 11 is 0. The first-order valence-corrected chi connectivity index (χ1v) is 7.09. The molecule has 0 radical (unpaired) electrons. The lowest BCUT2D eigenvalue weighted by Gasteiger charge is -2.19. The van der Waals surface area contributed by atoms with Gasteiger partial charge in [-0.25, -0.2) is 8.42 Å². The minimum absolute atomic E-state index is 0.0194. The summed E-state index contributed by atoms with van der Waals surface area (Å²) in [5.41, 5.74) is 6.38. The quantitative estimate of drug-likeness (QED) is 0.859. The summed E-state index contributed by atoms with van der Waals surface area (Å²) < 4.78 is 26.2. The van der Waals surface area contributed by atoms with E-state index in [1.54, 1.807) is 12.1 Å². The average molecular weight is 288 g/mol. The number of nitrogens with zero attached hydrogens (tertiary/aromatic N) is 3. The number of anilines is 2. The van der Waals surface area contributed by atoms with Crippen molar-refractivity contribution in [2.75, 3.05) is 17.1 Å². The predicted octanol–water partition coefficient (Wildman–Crippen LogP) is 1.36. The number of hydrogen-bond donors (Lipinski definition) is 1. The van der Waals surface area contributed by atoms with Gasteiger partial charge in [0.1, 0.15) is 11.0 Å². The number of nitrogens with two attached hydrogens (primary N) is 1. The Morgan fingerprint density at radius 1 is 1.25 bits per heavy atom. The van der Waals surface area contributed by atoms with E-state index in [-0.39, 0.29) is 10.5 Å². The van der Waals surface area contributed by atoms with Gasteiger partial charge in [0.2, 0.25) is 0 Å². The summed E-state index contributed by atoms with van der Waals surface area (Å²) in [5, 5.41) is 9.06. The number of nitriles is 1. The van der Waals surface area contributed by atoms with Crippen LogP contribution in [0.15, 0.2) is 47.6 Å². The molecule has 7 heteroatoms. The van der Waals surface area contributed by atoms with Gasteiger partial charge in [0.15, 0.2) is 0 Å². The highest BCUT2D eigenvalue weighted by Crippen LogP contribution is 2.24. The molecular formula is C13H12N4O2S. The fraction of sp³-hybridized carbons (Fsp3) is 0.0769. The largest absolute Gasteiger partial charge is 0.399 e. The van der Waals surface area contributed by atoms with Gasteiger partial charge in [-0.3, -0.25) is 9.29 Å². The second-order valence-electron chi connectivity index (χ2n) is 4.05. The number of hydrogen-bond acceptors (Lipinski definition) is 5. The van der Waals surface area contributed by atoms with E-state index >= 15 is 0 Å². The molecule has 0 fully saturated rings. The van der Waals surface area contributed by atoms with Crippen LogP contribution in [0, 0.1) is 11.3 Å². The Labute approximate surface area is 117 Å². The highest BCUT2D eigenvalue weighted by molar-refractivity contribution is 7.92. The van der Waals surface area contributed by atoms with Crippen LogP contribution in [-0.2, 0) is 10.0 Å². The van der Waals surface area contributed by atoms with Crippen molar-refractivity contribution in [3.63, 3.8) is 0 Å². The third kappa shape index (κ3) is 2.41. The van der Waals surface area contributed by atoms with Crippen molar-refractivity contribution in [3.8, 4) is 6.07 Å². The standard InChI is InChI=1S/C13H12N4O2S/c1-17(12-4-6-16-7-5-12)20(18,19)13-3-2-11(15)8-10(13)9-14/h2-8H,15H2,1H3. The van der Waals surface area contributed by atoms with Crippen molar-refractivity contribution in [2.45, 2.75) is 4.90 Å². The van der Waals surface area contributed by atoms with Crippen molar-refractivity contribution < 1.29 is 8.42 Å². The molecule has 2 aromatic rings. The molecule has 0 aliphatic heterocycles. The second kappa shape index (κ2) is 5.19. The third-order valence-electron chi connectivity index (χ3n) is 2.79. The molecule has 102 valence electrons. The summed E-state index contributed by atoms with van der Waals surface area (Å²) in [5.74, 6) is 0. The van der Waals surface area contributed by atoms with Crippen molar-refractivity contribution in [1.82, 2.24) is 4.98 Å². The molecule has 0 spiro atoms. The Kier molecular flexibility index (Phi) is 3.59. The zero-order chi connectivity index (χ0) is 14.8. The number of aromatic nitrogens is 1. The van der Waals surface area contributed by atoms with Gasteiger partial charge in [0, 0.05) is 25.1 Å². The minimum atomic E-state index is -3.82. The van der Waals surface area contributed by atoms with Crippen LogP contribution in [0.5, 0.6) is 0 Å². The molecule has 0 aliphatic carbocycles. The van der Waals surface area contributed by atoms with Gasteiger partial charge >= 0.3 is 0 Å². The first-order chi connectivity index (χ1) is 9.46. The van der Waals surface area contributed by atoms with Crippen molar-refractivity contribution in [3.05, 3.63) is 48.3 Å². The Balaban J connectivity index is 2.54. The minimum Gasteiger partial charge on any atom is -0.399 e. The maximum atomic E-state index is 12.5. The zero-order valence-corrected chi connectivity index (χ0v) is 11.5. The molecule has 0 saturated carbocycles. The molecule has 1 aromatic carbocycles. The zero-order valence-electron chi connectivity index (χ0n) is 10.7. The lowest BCUT2D eigenvalue weighted by Crippen LogP contribution is -2.27. The van der Waals surface area contributed by atoms with Crippen LogP contribution < -0.4 is 10.0 Å². The van der Waals surface area contributed by atoms with E-state index in [2.05, 4.69) is 4.98 Å². The molecule has 0 bridgehead atoms. The first-order valence-electron chi connectivity index (χ1n) is 5.65. The molecule has 2 rings (SSSR count). The van der Waals surface area contributed by atoms with Crippen LogP contribution >= 0.6 is 0 Å². The number of rotatable bonds is 3. The summed E-state index contributed by atoms with van der Waals surface area (Å²) in [7, 11) is -2.41. The third-order valence-corrected chi connectivity index (χ3v) is 4.63. The number of benzene rings is 1. The lowest BCUT2D eigenvalue weighted by molar-refractivity contribution is 0.594. The van der Waals surface area contributed by atoms with E-state index in [1.165, 1.54) is 37.6 Å². The normalized spacial score (nSPS) is 10.8. The van der Waals surface area contributed by atoms with Gasteiger partial charge in [-0.05, 0) is 30.3 Å². The monoisotopic (exact) mass is 288 g/mol. The highest BCUT2D eigenvalue weighted by atomic mass is 32.2. The van der Waals surface area contributed by atoms with Crippen LogP contribution in [0.4, 0.5) is 11.4 Å². The number of nitrogen functional groups attached to an aromatic ring is 1. The van der Waals surface area contributed by atoms with E-state index in [0.29, 0.717) is 11.4 Å². The van der Waals surface area contributed by atoms with Crippen LogP contribution in [0.1, 0.15) is 5.56 Å². The molecule has 1 aromatic heterocycles. The van der Waals surface area contributed by atoms with E-state index in [4.69, 9.17) is 11.0 Å². The molecule has 0 atom stereocenters. The maximum absolute atomic E-state index is 12.5. The van der Waals surface area contributed by atoms with E-state index in [0.717, 1.165) is 4.31 Å². The summed E-state index contributed by atoms with van der Waals surface area (Å²) in [6.45, 7) is 0. The Hall–Kier alpha value is -2.59. The molecule has 0 unspecified atom stereocenters. The van der Waals surface area contributed by atoms with Crippen LogP contribution in [0.3, 0.4) is 0 Å². The summed E-state index contributed by atoms with van der Waals surface area (Å²) in [6.07, 6.45) is 2.99. The molecule has 0 amide bonds. The molecule has 0 saturated heterocycles. The average Bonchev–Trinajstić information content (AvgIpc) is 2.46. The smallest absolute Gasteiger partial charge is 0.265 e. The molecule has 20 heavy (non-hydrogen) atoms. The highest BCUT2D eigenvalue weighted by Gasteiger charge is 2.24. The predicted molar refractivity (Wildman–Crippen MR) is 75.4 cm³/mol. The molecule has 6 nitrogen and oxygen atoms in total. The Morgan fingerprint density at radius 3 is 2.50 bits per heavy atom. The second-order valence-corrected chi connectivity index (χ2v) is 5.98. The van der Waals surface area contributed by atoms with E-state index in [9.17, 15) is 8.42 Å². The summed E-state index contributed by atoms with van der Waals surface area (Å²) in [6, 6.07) is 9.12. The van der Waals surface area contributed by atoms with Crippen molar-refractivity contribution >= 4 is 21.4 Å². The van der Waals surface area contributed by atoms with Gasteiger partial charge < -0.3 is 5.73 Å². The van der Waals surface area contributed by atoms with Gasteiger partial charge in [0.05, 0.1) is 11.3 Å². The SMILES string of the molecule is CN(c1ccncc1)S(=O)(=O)c1ccc(N)cc1C#N. The summed E-state index contributed by atoms with van der Waals surface area (Å²) in [4.78, 5) is 3.76. The molecule has 2 N–H and O–H groups in total. The van der Waals surface area contributed by atoms with Gasteiger partial charge in [-0.15, -0.1) is 0 Å². The van der Waals surface area contributed by atoms with E-state index < -0.39 is 10.0 Å². The lowest BCUT2D eigenvalue weighted by atomic mass is 10.2. The number of pyridine rings is 1. The topological polar surface area (TPSA) is 100 Å². The fourth-order valence-corrected chi connectivity index (χ4v) is 3.02. The Bertz CT molecular complexity index is 767. The molecular weight excluding hydrogens is 276 g/mol. The van der Waals surface area contributed by atoms with Crippen LogP contribution in [0.2, 0.25) is 0 Å². The number of sulfonamides is 1. The van der Waals surface area contributed by atoms with Gasteiger partial charge in [-0.1, -0.05) is 0 Å². The first kappa shape index (κ1) is 13.8. The molecule has 0 aliphatic rings. The maximum Gasteiger partial charge on any atom is 0.265 e. The van der Waals surface area contributed by atoms with E-state index in [1.807, 2.05) is 6.07 Å². The Morgan fingerprint density at radius 2 is 1.90 bits per heavy atom. The molecule has 1 heterocycles. The van der Waals surface area contributed by atoms with Gasteiger partial charge in [0.25, 0.3) is 10.0 Å².